The number of hydrogen-bond acceptors (Lipinski definition) is 2. The highest BCUT2D eigenvalue weighted by atomic mass is 35.5. The van der Waals surface area contributed by atoms with Crippen LogP contribution in [0.5, 0.6) is 0 Å². The highest BCUT2D eigenvalue weighted by Gasteiger charge is 2.15. The van der Waals surface area contributed by atoms with Crippen molar-refractivity contribution >= 4 is 17.5 Å². The third-order valence-corrected chi connectivity index (χ3v) is 3.14. The summed E-state index contributed by atoms with van der Waals surface area (Å²) in [6.07, 6.45) is 3.29. The number of H-pyrrole nitrogens is 1. The van der Waals surface area contributed by atoms with Gasteiger partial charge in [-0.05, 0) is 12.1 Å². The van der Waals surface area contributed by atoms with E-state index in [1.54, 1.807) is 25.5 Å². The minimum Gasteiger partial charge on any atom is -0.341 e. The lowest BCUT2D eigenvalue weighted by Crippen LogP contribution is -2.28. The molecule has 1 N–H and O–H groups in total. The fourth-order valence-corrected chi connectivity index (χ4v) is 1.94. The third-order valence-electron chi connectivity index (χ3n) is 2.79. The van der Waals surface area contributed by atoms with Crippen molar-refractivity contribution in [2.45, 2.75) is 13.0 Å². The first-order chi connectivity index (χ1) is 9.08. The molecule has 2 rings (SSSR count). The van der Waals surface area contributed by atoms with Crippen molar-refractivity contribution in [1.29, 1.82) is 0 Å². The van der Waals surface area contributed by atoms with Gasteiger partial charge in [-0.3, -0.25) is 9.89 Å². The topological polar surface area (TPSA) is 49.0 Å². The zero-order valence-electron chi connectivity index (χ0n) is 10.4. The molecule has 0 radical (unpaired) electrons. The minimum absolute atomic E-state index is 0.0557. The number of carbonyl (C=O) groups is 1. The molecule has 0 unspecified atom stereocenters. The Bertz CT molecular complexity index is 551. The lowest BCUT2D eigenvalue weighted by Gasteiger charge is -2.16. The lowest BCUT2D eigenvalue weighted by molar-refractivity contribution is -0.129. The monoisotopic (exact) mass is 281 g/mol. The number of carbonyl (C=O) groups excluding carboxylic acids is 1. The van der Waals surface area contributed by atoms with Crippen molar-refractivity contribution in [3.8, 4) is 0 Å². The Morgan fingerprint density at radius 3 is 2.95 bits per heavy atom. The molecule has 0 bridgehead atoms. The van der Waals surface area contributed by atoms with Crippen LogP contribution in [0.25, 0.3) is 0 Å². The van der Waals surface area contributed by atoms with Crippen LogP contribution in [0.4, 0.5) is 4.39 Å². The maximum Gasteiger partial charge on any atom is 0.227 e. The predicted molar refractivity (Wildman–Crippen MR) is 70.2 cm³/mol. The Morgan fingerprint density at radius 1 is 1.53 bits per heavy atom. The van der Waals surface area contributed by atoms with Gasteiger partial charge in [-0.1, -0.05) is 17.7 Å². The maximum atomic E-state index is 13.6. The molecule has 0 aliphatic carbocycles. The van der Waals surface area contributed by atoms with Crippen LogP contribution < -0.4 is 0 Å². The summed E-state index contributed by atoms with van der Waals surface area (Å²) >= 11 is 5.90. The Morgan fingerprint density at radius 2 is 2.32 bits per heavy atom. The third kappa shape index (κ3) is 3.32. The van der Waals surface area contributed by atoms with Crippen LogP contribution in [0.15, 0.2) is 30.6 Å². The van der Waals surface area contributed by atoms with Crippen molar-refractivity contribution < 1.29 is 9.18 Å². The minimum atomic E-state index is -0.461. The Hall–Kier alpha value is -1.88. The highest BCUT2D eigenvalue weighted by Crippen LogP contribution is 2.20. The smallest absolute Gasteiger partial charge is 0.227 e. The molecule has 0 fully saturated rings. The molecule has 1 heterocycles. The first-order valence-corrected chi connectivity index (χ1v) is 6.10. The number of rotatable bonds is 4. The first-order valence-electron chi connectivity index (χ1n) is 5.72. The summed E-state index contributed by atoms with van der Waals surface area (Å²) < 4.78 is 13.6. The van der Waals surface area contributed by atoms with Gasteiger partial charge >= 0.3 is 0 Å². The van der Waals surface area contributed by atoms with Crippen molar-refractivity contribution in [3.05, 3.63) is 52.6 Å². The van der Waals surface area contributed by atoms with E-state index in [2.05, 4.69) is 10.2 Å². The molecular formula is C13H13ClFN3O. The molecule has 1 amide bonds. The normalized spacial score (nSPS) is 10.5. The van der Waals surface area contributed by atoms with Crippen LogP contribution in [0.1, 0.15) is 11.1 Å². The van der Waals surface area contributed by atoms with E-state index in [9.17, 15) is 9.18 Å². The van der Waals surface area contributed by atoms with Crippen LogP contribution in [0, 0.1) is 5.82 Å². The molecule has 0 spiro atoms. The van der Waals surface area contributed by atoms with Crippen LogP contribution in [-0.2, 0) is 17.8 Å². The van der Waals surface area contributed by atoms with Gasteiger partial charge in [0.05, 0.1) is 12.6 Å². The molecule has 100 valence electrons. The predicted octanol–water partition coefficient (Wildman–Crippen LogP) is 2.40. The number of nitrogens with one attached hydrogen (secondary N) is 1. The number of nitrogens with zero attached hydrogens (tertiary/aromatic N) is 2. The summed E-state index contributed by atoms with van der Waals surface area (Å²) in [4.78, 5) is 13.5. The summed E-state index contributed by atoms with van der Waals surface area (Å²) in [5.41, 5.74) is 1.11. The van der Waals surface area contributed by atoms with Gasteiger partial charge in [-0.25, -0.2) is 4.39 Å². The summed E-state index contributed by atoms with van der Waals surface area (Å²) in [5.74, 6) is -0.661. The van der Waals surface area contributed by atoms with Crippen molar-refractivity contribution in [2.24, 2.45) is 0 Å². The number of aromatic nitrogens is 2. The fourth-order valence-electron chi connectivity index (χ4n) is 1.71. The quantitative estimate of drug-likeness (QED) is 0.935. The van der Waals surface area contributed by atoms with Crippen LogP contribution >= 0.6 is 11.6 Å². The zero-order valence-corrected chi connectivity index (χ0v) is 11.1. The summed E-state index contributed by atoms with van der Waals surface area (Å²) in [6, 6.07) is 4.38. The Balaban J connectivity index is 2.04. The van der Waals surface area contributed by atoms with Crippen LogP contribution in [0.2, 0.25) is 5.02 Å². The van der Waals surface area contributed by atoms with Gasteiger partial charge in [-0.15, -0.1) is 0 Å². The van der Waals surface area contributed by atoms with E-state index in [0.717, 1.165) is 5.56 Å². The largest absolute Gasteiger partial charge is 0.341 e. The Labute approximate surface area is 115 Å². The van der Waals surface area contributed by atoms with Crippen molar-refractivity contribution in [3.63, 3.8) is 0 Å². The average molecular weight is 282 g/mol. The van der Waals surface area contributed by atoms with E-state index < -0.39 is 5.82 Å². The highest BCUT2D eigenvalue weighted by molar-refractivity contribution is 6.31. The van der Waals surface area contributed by atoms with Gasteiger partial charge in [0.25, 0.3) is 0 Å². The standard InChI is InChI=1S/C13H13ClFN3O/c1-18(8-9-6-16-17-7-9)13(19)5-10-11(14)3-2-4-12(10)15/h2-4,6-7H,5,8H2,1H3,(H,16,17). The molecule has 0 aliphatic rings. The van der Waals surface area contributed by atoms with E-state index in [1.165, 1.54) is 17.0 Å². The first kappa shape index (κ1) is 13.5. The molecule has 2 aromatic rings. The van der Waals surface area contributed by atoms with Gasteiger partial charge in [0, 0.05) is 35.9 Å². The van der Waals surface area contributed by atoms with Gasteiger partial charge in [0.15, 0.2) is 0 Å². The molecule has 1 aromatic heterocycles. The van der Waals surface area contributed by atoms with E-state index in [4.69, 9.17) is 11.6 Å². The van der Waals surface area contributed by atoms with E-state index in [1.807, 2.05) is 0 Å². The number of halogens is 2. The van der Waals surface area contributed by atoms with Gasteiger partial charge in [-0.2, -0.15) is 5.10 Å². The second-order valence-electron chi connectivity index (χ2n) is 4.23. The number of benzene rings is 1. The molecule has 6 heteroatoms. The summed E-state index contributed by atoms with van der Waals surface area (Å²) in [6.45, 7) is 0.418. The van der Waals surface area contributed by atoms with Gasteiger partial charge in [0.1, 0.15) is 5.82 Å². The maximum absolute atomic E-state index is 13.6. The molecule has 0 saturated heterocycles. The molecule has 4 nitrogen and oxygen atoms in total. The molecule has 1 aromatic carbocycles. The van der Waals surface area contributed by atoms with E-state index in [0.29, 0.717) is 6.54 Å². The molecule has 0 atom stereocenters. The molecular weight excluding hydrogens is 269 g/mol. The second-order valence-corrected chi connectivity index (χ2v) is 4.64. The number of amides is 1. The van der Waals surface area contributed by atoms with E-state index in [-0.39, 0.29) is 22.9 Å². The molecule has 19 heavy (non-hydrogen) atoms. The van der Waals surface area contributed by atoms with Crippen LogP contribution in [0.3, 0.4) is 0 Å². The average Bonchev–Trinajstić information content (AvgIpc) is 2.86. The Kier molecular flexibility index (Phi) is 4.16. The van der Waals surface area contributed by atoms with Crippen LogP contribution in [-0.4, -0.2) is 28.1 Å². The van der Waals surface area contributed by atoms with Crippen molar-refractivity contribution in [1.82, 2.24) is 15.1 Å². The number of aromatic amines is 1. The SMILES string of the molecule is CN(Cc1cn[nH]c1)C(=O)Cc1c(F)cccc1Cl. The van der Waals surface area contributed by atoms with Crippen molar-refractivity contribution in [2.75, 3.05) is 7.05 Å². The summed E-state index contributed by atoms with van der Waals surface area (Å²) in [7, 11) is 1.66. The zero-order chi connectivity index (χ0) is 13.8. The fraction of sp³-hybridized carbons (Fsp3) is 0.231. The molecule has 0 aliphatic heterocycles. The number of likely N-dealkylation sites (N-methyl/N-ethyl adjacent to an activating group) is 1. The van der Waals surface area contributed by atoms with Gasteiger partial charge < -0.3 is 4.90 Å². The lowest BCUT2D eigenvalue weighted by atomic mass is 10.1. The molecule has 0 saturated carbocycles. The van der Waals surface area contributed by atoms with Gasteiger partial charge in [0.2, 0.25) is 5.91 Å². The summed E-state index contributed by atoms with van der Waals surface area (Å²) in [5, 5.41) is 6.74. The number of hydrogen-bond donors (Lipinski definition) is 1. The second kappa shape index (κ2) is 5.84. The van der Waals surface area contributed by atoms with E-state index >= 15 is 0 Å².